The number of carbonyl (C=O) groups excluding carboxylic acids is 1. The van der Waals surface area contributed by atoms with Crippen molar-refractivity contribution in [1.82, 2.24) is 19.9 Å². The van der Waals surface area contributed by atoms with Gasteiger partial charge in [0.25, 0.3) is 11.4 Å². The van der Waals surface area contributed by atoms with Crippen molar-refractivity contribution in [3.63, 3.8) is 0 Å². The van der Waals surface area contributed by atoms with Gasteiger partial charge >= 0.3 is 0 Å². The molecule has 0 atom stereocenters. The lowest BCUT2D eigenvalue weighted by Gasteiger charge is -2.07. The third kappa shape index (κ3) is 4.24. The highest BCUT2D eigenvalue weighted by Crippen LogP contribution is 2.19. The molecule has 29 heavy (non-hydrogen) atoms. The molecular weight excluding hydrogens is 377 g/mol. The molecule has 144 valence electrons. The second kappa shape index (κ2) is 7.85. The summed E-state index contributed by atoms with van der Waals surface area (Å²) in [4.78, 5) is 28.6. The molecule has 0 radical (unpaired) electrons. The summed E-state index contributed by atoms with van der Waals surface area (Å²) in [5, 5.41) is 10.6. The van der Waals surface area contributed by atoms with E-state index in [0.29, 0.717) is 11.5 Å². The minimum absolute atomic E-state index is 0.122. The number of rotatable bonds is 5. The van der Waals surface area contributed by atoms with Gasteiger partial charge in [-0.2, -0.15) is 10.1 Å². The molecule has 1 amide bonds. The highest BCUT2D eigenvalue weighted by atomic mass is 19.1. The van der Waals surface area contributed by atoms with Crippen molar-refractivity contribution in [3.05, 3.63) is 82.9 Å². The molecule has 0 fully saturated rings. The molecular formula is C20H14FN5O3. The monoisotopic (exact) mass is 391 g/mol. The Morgan fingerprint density at radius 2 is 1.79 bits per heavy atom. The second-order valence-corrected chi connectivity index (χ2v) is 6.06. The Labute approximate surface area is 163 Å². The summed E-state index contributed by atoms with van der Waals surface area (Å²) < 4.78 is 19.2. The molecule has 9 heteroatoms. The number of amides is 1. The zero-order chi connectivity index (χ0) is 20.2. The number of benzene rings is 2. The highest BCUT2D eigenvalue weighted by Gasteiger charge is 2.14. The minimum atomic E-state index is -0.487. The molecule has 0 aliphatic carbocycles. The summed E-state index contributed by atoms with van der Waals surface area (Å²) in [5.41, 5.74) is 0.971. The molecule has 0 aliphatic rings. The Balaban J connectivity index is 1.53. The molecule has 0 saturated heterocycles. The molecule has 2 aromatic heterocycles. The van der Waals surface area contributed by atoms with E-state index in [9.17, 15) is 14.0 Å². The van der Waals surface area contributed by atoms with Crippen LogP contribution in [0.1, 0.15) is 0 Å². The molecule has 4 rings (SSSR count). The van der Waals surface area contributed by atoms with Crippen LogP contribution < -0.4 is 10.9 Å². The summed E-state index contributed by atoms with van der Waals surface area (Å²) in [6.45, 7) is -0.330. The number of hydrogen-bond donors (Lipinski definition) is 1. The number of hydrogen-bond acceptors (Lipinski definition) is 6. The van der Waals surface area contributed by atoms with Crippen LogP contribution in [0.2, 0.25) is 0 Å². The molecule has 2 aromatic carbocycles. The normalized spacial score (nSPS) is 10.7. The number of carbonyl (C=O) groups is 1. The number of anilines is 1. The fourth-order valence-electron chi connectivity index (χ4n) is 2.58. The summed E-state index contributed by atoms with van der Waals surface area (Å²) in [6.07, 6.45) is 0. The summed E-state index contributed by atoms with van der Waals surface area (Å²) >= 11 is 0. The molecule has 0 bridgehead atoms. The molecule has 2 heterocycles. The first-order valence-corrected chi connectivity index (χ1v) is 8.61. The highest BCUT2D eigenvalue weighted by molar-refractivity contribution is 5.90. The Morgan fingerprint density at radius 3 is 2.55 bits per heavy atom. The lowest BCUT2D eigenvalue weighted by Crippen LogP contribution is -2.29. The minimum Gasteiger partial charge on any atom is -0.332 e. The fraction of sp³-hybridized carbons (Fsp3) is 0.0500. The summed E-state index contributed by atoms with van der Waals surface area (Å²) in [6, 6.07) is 17.2. The zero-order valence-corrected chi connectivity index (χ0v) is 14.9. The van der Waals surface area contributed by atoms with Crippen molar-refractivity contribution < 1.29 is 13.7 Å². The standard InChI is InChI=1S/C20H14FN5O3/c21-14-6-8-15(9-7-14)22-17(27)12-26-18(28)11-10-16(24-26)20-23-19(25-29-20)13-4-2-1-3-5-13/h1-11H,12H2,(H,22,27). The van der Waals surface area contributed by atoms with E-state index >= 15 is 0 Å². The van der Waals surface area contributed by atoms with Gasteiger partial charge < -0.3 is 9.84 Å². The van der Waals surface area contributed by atoms with E-state index in [2.05, 4.69) is 20.6 Å². The number of nitrogens with one attached hydrogen (secondary N) is 1. The molecule has 0 saturated carbocycles. The first-order chi connectivity index (χ1) is 14.1. The second-order valence-electron chi connectivity index (χ2n) is 6.06. The zero-order valence-electron chi connectivity index (χ0n) is 14.9. The Morgan fingerprint density at radius 1 is 1.03 bits per heavy atom. The maximum atomic E-state index is 13.0. The molecule has 0 aliphatic heterocycles. The fourth-order valence-corrected chi connectivity index (χ4v) is 2.58. The van der Waals surface area contributed by atoms with Crippen LogP contribution in [0.25, 0.3) is 23.0 Å². The lowest BCUT2D eigenvalue weighted by atomic mass is 10.2. The van der Waals surface area contributed by atoms with Gasteiger partial charge in [-0.15, -0.1) is 0 Å². The van der Waals surface area contributed by atoms with E-state index in [4.69, 9.17) is 4.52 Å². The van der Waals surface area contributed by atoms with Crippen LogP contribution in [0, 0.1) is 5.82 Å². The Kier molecular flexibility index (Phi) is 4.93. The largest absolute Gasteiger partial charge is 0.332 e. The van der Waals surface area contributed by atoms with Crippen LogP contribution in [0.15, 0.2) is 76.0 Å². The third-order valence-corrected chi connectivity index (χ3v) is 3.97. The van der Waals surface area contributed by atoms with Crippen LogP contribution in [-0.4, -0.2) is 25.8 Å². The Bertz CT molecular complexity index is 1200. The van der Waals surface area contributed by atoms with Crippen molar-refractivity contribution in [2.75, 3.05) is 5.32 Å². The maximum Gasteiger partial charge on any atom is 0.278 e. The van der Waals surface area contributed by atoms with E-state index in [1.807, 2.05) is 30.3 Å². The van der Waals surface area contributed by atoms with E-state index in [1.165, 1.54) is 36.4 Å². The van der Waals surface area contributed by atoms with Crippen LogP contribution in [0.3, 0.4) is 0 Å². The van der Waals surface area contributed by atoms with E-state index < -0.39 is 17.3 Å². The smallest absolute Gasteiger partial charge is 0.278 e. The van der Waals surface area contributed by atoms with Crippen molar-refractivity contribution in [2.24, 2.45) is 0 Å². The van der Waals surface area contributed by atoms with Gasteiger partial charge in [-0.05, 0) is 30.3 Å². The first-order valence-electron chi connectivity index (χ1n) is 8.61. The van der Waals surface area contributed by atoms with Gasteiger partial charge in [0.2, 0.25) is 11.7 Å². The van der Waals surface area contributed by atoms with E-state index in [1.54, 1.807) is 0 Å². The van der Waals surface area contributed by atoms with Crippen molar-refractivity contribution >= 4 is 11.6 Å². The third-order valence-electron chi connectivity index (χ3n) is 3.97. The van der Waals surface area contributed by atoms with Crippen LogP contribution in [0.5, 0.6) is 0 Å². The SMILES string of the molecule is O=C(Cn1nc(-c2nc(-c3ccccc3)no2)ccc1=O)Nc1ccc(F)cc1. The average Bonchev–Trinajstić information content (AvgIpc) is 3.22. The molecule has 0 spiro atoms. The van der Waals surface area contributed by atoms with Gasteiger partial charge in [-0.3, -0.25) is 9.59 Å². The first kappa shape index (κ1) is 18.2. The quantitative estimate of drug-likeness (QED) is 0.561. The van der Waals surface area contributed by atoms with E-state index in [0.717, 1.165) is 10.2 Å². The maximum absolute atomic E-state index is 13.0. The predicted octanol–water partition coefficient (Wildman–Crippen LogP) is 2.74. The van der Waals surface area contributed by atoms with Gasteiger partial charge in [0.05, 0.1) is 0 Å². The van der Waals surface area contributed by atoms with Gasteiger partial charge in [0.1, 0.15) is 18.1 Å². The van der Waals surface area contributed by atoms with Crippen molar-refractivity contribution in [3.8, 4) is 23.0 Å². The predicted molar refractivity (Wildman–Crippen MR) is 102 cm³/mol. The van der Waals surface area contributed by atoms with Gasteiger partial charge in [0, 0.05) is 17.3 Å². The molecule has 1 N–H and O–H groups in total. The molecule has 0 unspecified atom stereocenters. The van der Waals surface area contributed by atoms with Crippen LogP contribution in [0.4, 0.5) is 10.1 Å². The molecule has 4 aromatic rings. The number of halogens is 1. The molecule has 8 nitrogen and oxygen atoms in total. The van der Waals surface area contributed by atoms with Gasteiger partial charge in [-0.25, -0.2) is 9.07 Å². The van der Waals surface area contributed by atoms with Gasteiger partial charge in [0.15, 0.2) is 0 Å². The number of nitrogens with zero attached hydrogens (tertiary/aromatic N) is 4. The van der Waals surface area contributed by atoms with Crippen molar-refractivity contribution in [1.29, 1.82) is 0 Å². The van der Waals surface area contributed by atoms with Crippen molar-refractivity contribution in [2.45, 2.75) is 6.54 Å². The average molecular weight is 391 g/mol. The Hall–Kier alpha value is -4.14. The van der Waals surface area contributed by atoms with Crippen LogP contribution >= 0.6 is 0 Å². The van der Waals surface area contributed by atoms with Crippen LogP contribution in [-0.2, 0) is 11.3 Å². The summed E-state index contributed by atoms with van der Waals surface area (Å²) in [5.74, 6) is -0.396. The topological polar surface area (TPSA) is 103 Å². The number of aromatic nitrogens is 4. The van der Waals surface area contributed by atoms with Gasteiger partial charge in [-0.1, -0.05) is 35.5 Å². The van der Waals surface area contributed by atoms with E-state index in [-0.39, 0.29) is 18.1 Å². The summed E-state index contributed by atoms with van der Waals surface area (Å²) in [7, 11) is 0. The lowest BCUT2D eigenvalue weighted by molar-refractivity contribution is -0.117.